The summed E-state index contributed by atoms with van der Waals surface area (Å²) in [4.78, 5) is 10.6. The average molecular weight is 200 g/mol. The molecule has 1 aliphatic rings. The Balaban J connectivity index is 2.85. The van der Waals surface area contributed by atoms with Crippen LogP contribution in [0.15, 0.2) is 60.3 Å². The van der Waals surface area contributed by atoms with Crippen LogP contribution in [-0.4, -0.2) is 6.29 Å². The summed E-state index contributed by atoms with van der Waals surface area (Å²) in [6.07, 6.45) is 15.6. The molecule has 15 heavy (non-hydrogen) atoms. The maximum atomic E-state index is 10.6. The first-order valence-electron chi connectivity index (χ1n) is 5.11. The van der Waals surface area contributed by atoms with Crippen LogP contribution in [0.5, 0.6) is 0 Å². The highest BCUT2D eigenvalue weighted by Crippen LogP contribution is 2.21. The van der Waals surface area contributed by atoms with Crippen LogP contribution in [0.25, 0.3) is 0 Å². The molecule has 78 valence electrons. The van der Waals surface area contributed by atoms with Gasteiger partial charge >= 0.3 is 0 Å². The fourth-order valence-corrected chi connectivity index (χ4v) is 1.51. The molecule has 0 aromatic carbocycles. The Morgan fingerprint density at radius 3 is 2.87 bits per heavy atom. The molecule has 1 rings (SSSR count). The summed E-state index contributed by atoms with van der Waals surface area (Å²) in [5.41, 5.74) is 2.29. The molecule has 0 aliphatic heterocycles. The number of hydrogen-bond acceptors (Lipinski definition) is 1. The van der Waals surface area contributed by atoms with E-state index in [-0.39, 0.29) is 5.92 Å². The summed E-state index contributed by atoms with van der Waals surface area (Å²) in [5, 5.41) is 0. The van der Waals surface area contributed by atoms with E-state index in [2.05, 4.69) is 12.7 Å². The molecule has 0 radical (unpaired) electrons. The maximum absolute atomic E-state index is 10.6. The van der Waals surface area contributed by atoms with E-state index in [9.17, 15) is 4.79 Å². The van der Waals surface area contributed by atoms with Crippen LogP contribution in [0.1, 0.15) is 13.3 Å². The minimum absolute atomic E-state index is 0.0457. The number of allylic oxidation sites excluding steroid dienone is 9. The van der Waals surface area contributed by atoms with E-state index < -0.39 is 0 Å². The number of rotatable bonds is 4. The molecule has 0 saturated heterocycles. The van der Waals surface area contributed by atoms with Gasteiger partial charge in [-0.05, 0) is 24.5 Å². The number of hydrogen-bond donors (Lipinski definition) is 0. The van der Waals surface area contributed by atoms with E-state index in [0.717, 1.165) is 23.9 Å². The van der Waals surface area contributed by atoms with E-state index >= 15 is 0 Å². The third-order valence-corrected chi connectivity index (χ3v) is 2.28. The van der Waals surface area contributed by atoms with Crippen molar-refractivity contribution >= 4 is 6.29 Å². The summed E-state index contributed by atoms with van der Waals surface area (Å²) in [7, 11) is 0. The van der Waals surface area contributed by atoms with Crippen LogP contribution in [-0.2, 0) is 4.79 Å². The zero-order valence-electron chi connectivity index (χ0n) is 9.02. The molecule has 0 aromatic rings. The van der Waals surface area contributed by atoms with E-state index in [1.807, 2.05) is 37.3 Å². The topological polar surface area (TPSA) is 17.1 Å². The van der Waals surface area contributed by atoms with Crippen LogP contribution < -0.4 is 0 Å². The molecule has 1 heteroatoms. The highest BCUT2D eigenvalue weighted by atomic mass is 16.1. The molecule has 0 spiro atoms. The van der Waals surface area contributed by atoms with Gasteiger partial charge in [-0.3, -0.25) is 0 Å². The molecule has 1 unspecified atom stereocenters. The molecule has 0 amide bonds. The number of carbonyl (C=O) groups excluding carboxylic acids is 1. The number of aldehydes is 1. The summed E-state index contributed by atoms with van der Waals surface area (Å²) in [6.45, 7) is 5.68. The smallest absolute Gasteiger partial charge is 0.127 e. The molecule has 0 N–H and O–H groups in total. The lowest BCUT2D eigenvalue weighted by Gasteiger charge is -2.11. The lowest BCUT2D eigenvalue weighted by molar-refractivity contribution is -0.109. The van der Waals surface area contributed by atoms with Crippen molar-refractivity contribution in [2.75, 3.05) is 0 Å². The monoisotopic (exact) mass is 200 g/mol. The summed E-state index contributed by atoms with van der Waals surface area (Å²) < 4.78 is 0. The molecular weight excluding hydrogens is 184 g/mol. The minimum Gasteiger partial charge on any atom is -0.303 e. The SMILES string of the molecule is C=C/C=C(\C=C/C)C1=CCC(C=O)C=C1. The molecule has 1 nitrogen and oxygen atoms in total. The molecule has 1 atom stereocenters. The second-order valence-electron chi connectivity index (χ2n) is 3.41. The fraction of sp³-hybridized carbons (Fsp3) is 0.214. The van der Waals surface area contributed by atoms with Crippen molar-refractivity contribution in [1.82, 2.24) is 0 Å². The Hall–Kier alpha value is -1.63. The van der Waals surface area contributed by atoms with Gasteiger partial charge in [0.2, 0.25) is 0 Å². The van der Waals surface area contributed by atoms with E-state index in [1.54, 1.807) is 6.08 Å². The van der Waals surface area contributed by atoms with Crippen molar-refractivity contribution in [3.63, 3.8) is 0 Å². The zero-order chi connectivity index (χ0) is 11.1. The van der Waals surface area contributed by atoms with E-state index in [4.69, 9.17) is 0 Å². The highest BCUT2D eigenvalue weighted by Gasteiger charge is 2.08. The Bertz CT molecular complexity index is 354. The third-order valence-electron chi connectivity index (χ3n) is 2.28. The summed E-state index contributed by atoms with van der Waals surface area (Å²) in [6, 6.07) is 0. The molecule has 0 fully saturated rings. The van der Waals surface area contributed by atoms with Crippen LogP contribution in [0.4, 0.5) is 0 Å². The van der Waals surface area contributed by atoms with Crippen LogP contribution in [0.3, 0.4) is 0 Å². The van der Waals surface area contributed by atoms with Gasteiger partial charge in [-0.2, -0.15) is 0 Å². The third kappa shape index (κ3) is 3.21. The van der Waals surface area contributed by atoms with Gasteiger partial charge < -0.3 is 4.79 Å². The quantitative estimate of drug-likeness (QED) is 0.502. The zero-order valence-corrected chi connectivity index (χ0v) is 9.02. The van der Waals surface area contributed by atoms with Gasteiger partial charge in [0.25, 0.3) is 0 Å². The van der Waals surface area contributed by atoms with Crippen molar-refractivity contribution in [3.8, 4) is 0 Å². The van der Waals surface area contributed by atoms with Gasteiger partial charge in [-0.15, -0.1) is 0 Å². The fourth-order valence-electron chi connectivity index (χ4n) is 1.51. The van der Waals surface area contributed by atoms with Crippen LogP contribution in [0.2, 0.25) is 0 Å². The molecule has 0 bridgehead atoms. The van der Waals surface area contributed by atoms with Gasteiger partial charge in [0.15, 0.2) is 0 Å². The van der Waals surface area contributed by atoms with Crippen molar-refractivity contribution in [2.24, 2.45) is 5.92 Å². The highest BCUT2D eigenvalue weighted by molar-refractivity contribution is 5.60. The normalized spacial score (nSPS) is 21.5. The molecule has 0 aromatic heterocycles. The standard InChI is InChI=1S/C14H16O/c1-3-5-13(6-4-2)14-9-7-12(11-15)8-10-14/h3-7,9-12H,1,8H2,2H3/b6-4-,13-5+. The Morgan fingerprint density at radius 1 is 1.60 bits per heavy atom. The van der Waals surface area contributed by atoms with Gasteiger partial charge in [0.05, 0.1) is 0 Å². The Labute approximate surface area is 91.2 Å². The first-order valence-corrected chi connectivity index (χ1v) is 5.11. The van der Waals surface area contributed by atoms with Crippen molar-refractivity contribution in [1.29, 1.82) is 0 Å². The van der Waals surface area contributed by atoms with Gasteiger partial charge in [0.1, 0.15) is 6.29 Å². The van der Waals surface area contributed by atoms with E-state index in [1.165, 1.54) is 0 Å². The average Bonchev–Trinajstić information content (AvgIpc) is 2.29. The van der Waals surface area contributed by atoms with Crippen molar-refractivity contribution < 1.29 is 4.79 Å². The molecule has 0 heterocycles. The predicted molar refractivity (Wildman–Crippen MR) is 64.5 cm³/mol. The Morgan fingerprint density at radius 2 is 2.40 bits per heavy atom. The van der Waals surface area contributed by atoms with Crippen molar-refractivity contribution in [3.05, 3.63) is 60.3 Å². The first-order chi connectivity index (χ1) is 7.31. The van der Waals surface area contributed by atoms with Gasteiger partial charge in [-0.25, -0.2) is 0 Å². The molecular formula is C14H16O. The van der Waals surface area contributed by atoms with Crippen molar-refractivity contribution in [2.45, 2.75) is 13.3 Å². The Kier molecular flexibility index (Phi) is 4.55. The van der Waals surface area contributed by atoms with Crippen LogP contribution >= 0.6 is 0 Å². The lowest BCUT2D eigenvalue weighted by Crippen LogP contribution is -2.01. The predicted octanol–water partition coefficient (Wildman–Crippen LogP) is 3.38. The van der Waals surface area contributed by atoms with Crippen LogP contribution in [0, 0.1) is 5.92 Å². The van der Waals surface area contributed by atoms with Gasteiger partial charge in [0, 0.05) is 5.92 Å². The summed E-state index contributed by atoms with van der Waals surface area (Å²) >= 11 is 0. The maximum Gasteiger partial charge on any atom is 0.127 e. The second kappa shape index (κ2) is 5.97. The van der Waals surface area contributed by atoms with Gasteiger partial charge in [-0.1, -0.05) is 49.1 Å². The molecule has 0 saturated carbocycles. The van der Waals surface area contributed by atoms with E-state index in [0.29, 0.717) is 0 Å². The second-order valence-corrected chi connectivity index (χ2v) is 3.41. The lowest BCUT2D eigenvalue weighted by atomic mass is 9.93. The first kappa shape index (κ1) is 11.4. The summed E-state index contributed by atoms with van der Waals surface area (Å²) in [5.74, 6) is 0.0457. The number of carbonyl (C=O) groups is 1. The minimum atomic E-state index is 0.0457. The largest absolute Gasteiger partial charge is 0.303 e. The molecule has 1 aliphatic carbocycles.